The molecule has 0 aliphatic carbocycles. The molecular weight excluding hydrogens is 226 g/mol. The van der Waals surface area contributed by atoms with Gasteiger partial charge in [-0.15, -0.1) is 0 Å². The molecule has 0 spiro atoms. The molecular formula is C15H13NO2. The van der Waals surface area contributed by atoms with Crippen LogP contribution in [0.15, 0.2) is 42.5 Å². The number of ether oxygens (including phenoxy) is 2. The van der Waals surface area contributed by atoms with Gasteiger partial charge in [-0.2, -0.15) is 0 Å². The second-order valence-corrected chi connectivity index (χ2v) is 4.62. The molecule has 3 aromatic rings. The zero-order valence-electron chi connectivity index (χ0n) is 9.85. The van der Waals surface area contributed by atoms with Gasteiger partial charge in [0.1, 0.15) is 18.5 Å². The Bertz CT molecular complexity index is 713. The van der Waals surface area contributed by atoms with Crippen molar-refractivity contribution in [2.24, 2.45) is 0 Å². The van der Waals surface area contributed by atoms with Crippen molar-refractivity contribution in [2.75, 3.05) is 13.2 Å². The monoisotopic (exact) mass is 239 g/mol. The van der Waals surface area contributed by atoms with Crippen LogP contribution in [0.4, 0.5) is 0 Å². The van der Waals surface area contributed by atoms with Crippen molar-refractivity contribution in [3.8, 4) is 5.75 Å². The molecule has 18 heavy (non-hydrogen) atoms. The zero-order valence-corrected chi connectivity index (χ0v) is 9.85. The van der Waals surface area contributed by atoms with Crippen LogP contribution in [0, 0.1) is 0 Å². The third-order valence-electron chi connectivity index (χ3n) is 3.33. The van der Waals surface area contributed by atoms with Crippen LogP contribution in [0.25, 0.3) is 21.8 Å². The molecule has 0 amide bonds. The topological polar surface area (TPSA) is 37.5 Å². The fraction of sp³-hybridized carbons (Fsp3) is 0.200. The van der Waals surface area contributed by atoms with Crippen molar-refractivity contribution in [1.82, 2.24) is 4.98 Å². The van der Waals surface area contributed by atoms with Gasteiger partial charge < -0.3 is 14.5 Å². The number of H-pyrrole nitrogens is 1. The lowest BCUT2D eigenvalue weighted by molar-refractivity contribution is 0.265. The first-order valence-corrected chi connectivity index (χ1v) is 6.16. The summed E-state index contributed by atoms with van der Waals surface area (Å²) in [7, 11) is 0. The first kappa shape index (κ1) is 9.97. The van der Waals surface area contributed by atoms with E-state index in [4.69, 9.17) is 9.47 Å². The molecule has 0 unspecified atom stereocenters. The Morgan fingerprint density at radius 1 is 1.11 bits per heavy atom. The molecule has 3 nitrogen and oxygen atoms in total. The van der Waals surface area contributed by atoms with Crippen molar-refractivity contribution >= 4 is 21.8 Å². The van der Waals surface area contributed by atoms with E-state index in [1.807, 2.05) is 18.2 Å². The van der Waals surface area contributed by atoms with Crippen molar-refractivity contribution < 1.29 is 9.47 Å². The van der Waals surface area contributed by atoms with Gasteiger partial charge >= 0.3 is 0 Å². The molecule has 90 valence electrons. The number of fused-ring (bicyclic) bond motifs is 3. The van der Waals surface area contributed by atoms with E-state index < -0.39 is 0 Å². The lowest BCUT2D eigenvalue weighted by Gasteiger charge is -2.04. The average molecular weight is 239 g/mol. The van der Waals surface area contributed by atoms with E-state index in [1.54, 1.807) is 0 Å². The summed E-state index contributed by atoms with van der Waals surface area (Å²) < 4.78 is 11.0. The largest absolute Gasteiger partial charge is 0.489 e. The van der Waals surface area contributed by atoms with Gasteiger partial charge in [0.25, 0.3) is 0 Å². The summed E-state index contributed by atoms with van der Waals surface area (Å²) >= 11 is 0. The van der Waals surface area contributed by atoms with Gasteiger partial charge in [0, 0.05) is 16.3 Å². The highest BCUT2D eigenvalue weighted by Gasteiger charge is 2.23. The van der Waals surface area contributed by atoms with Crippen LogP contribution in [0.5, 0.6) is 5.75 Å². The molecule has 1 saturated heterocycles. The predicted molar refractivity (Wildman–Crippen MR) is 71.0 cm³/mol. The standard InChI is InChI=1S/C15H13NO2/c1-2-6-13-11(4-1)12-5-3-7-14(15(12)16-13)18-9-10-8-17-10/h1-7,10,16H,8-9H2/t10-/m0/s1. The minimum atomic E-state index is 0.282. The Balaban J connectivity index is 1.86. The maximum Gasteiger partial charge on any atom is 0.143 e. The predicted octanol–water partition coefficient (Wildman–Crippen LogP) is 3.10. The first-order valence-electron chi connectivity index (χ1n) is 6.16. The molecule has 1 fully saturated rings. The van der Waals surface area contributed by atoms with Gasteiger partial charge in [0.05, 0.1) is 12.1 Å². The molecule has 0 radical (unpaired) electrons. The number of epoxide rings is 1. The van der Waals surface area contributed by atoms with Gasteiger partial charge in [0.15, 0.2) is 0 Å². The molecule has 2 heterocycles. The number of aromatic nitrogens is 1. The van der Waals surface area contributed by atoms with Crippen molar-refractivity contribution in [3.05, 3.63) is 42.5 Å². The average Bonchev–Trinajstić information content (AvgIpc) is 3.16. The summed E-state index contributed by atoms with van der Waals surface area (Å²) in [5.41, 5.74) is 2.21. The van der Waals surface area contributed by atoms with E-state index >= 15 is 0 Å². The fourth-order valence-corrected chi connectivity index (χ4v) is 2.31. The number of hydrogen-bond donors (Lipinski definition) is 1. The van der Waals surface area contributed by atoms with Crippen molar-refractivity contribution in [2.45, 2.75) is 6.10 Å². The van der Waals surface area contributed by atoms with E-state index in [0.29, 0.717) is 6.61 Å². The molecule has 4 rings (SSSR count). The quantitative estimate of drug-likeness (QED) is 0.713. The van der Waals surface area contributed by atoms with Crippen molar-refractivity contribution in [1.29, 1.82) is 0 Å². The summed E-state index contributed by atoms with van der Waals surface area (Å²) in [5, 5.41) is 2.44. The van der Waals surface area contributed by atoms with Crippen LogP contribution in [0.2, 0.25) is 0 Å². The summed E-state index contributed by atoms with van der Waals surface area (Å²) in [6, 6.07) is 14.5. The highest BCUT2D eigenvalue weighted by atomic mass is 16.6. The van der Waals surface area contributed by atoms with Crippen LogP contribution in [-0.4, -0.2) is 24.3 Å². The Morgan fingerprint density at radius 2 is 1.94 bits per heavy atom. The summed E-state index contributed by atoms with van der Waals surface area (Å²) in [5.74, 6) is 0.902. The molecule has 1 N–H and O–H groups in total. The van der Waals surface area contributed by atoms with Crippen LogP contribution in [-0.2, 0) is 4.74 Å². The Hall–Kier alpha value is -2.00. The fourth-order valence-electron chi connectivity index (χ4n) is 2.31. The molecule has 1 atom stereocenters. The summed E-state index contributed by atoms with van der Waals surface area (Å²) in [6.07, 6.45) is 0.282. The van der Waals surface area contributed by atoms with E-state index in [0.717, 1.165) is 23.4 Å². The number of rotatable bonds is 3. The van der Waals surface area contributed by atoms with Crippen molar-refractivity contribution in [3.63, 3.8) is 0 Å². The number of para-hydroxylation sites is 2. The maximum atomic E-state index is 5.82. The Kier molecular flexibility index (Phi) is 2.08. The second-order valence-electron chi connectivity index (χ2n) is 4.62. The highest BCUT2D eigenvalue weighted by Crippen LogP contribution is 2.31. The van der Waals surface area contributed by atoms with Gasteiger partial charge in [-0.1, -0.05) is 30.3 Å². The van der Waals surface area contributed by atoms with E-state index in [9.17, 15) is 0 Å². The summed E-state index contributed by atoms with van der Waals surface area (Å²) in [4.78, 5) is 3.42. The van der Waals surface area contributed by atoms with Crippen LogP contribution < -0.4 is 4.74 Å². The Morgan fingerprint density at radius 3 is 2.83 bits per heavy atom. The van der Waals surface area contributed by atoms with Crippen LogP contribution >= 0.6 is 0 Å². The van der Waals surface area contributed by atoms with E-state index in [-0.39, 0.29) is 6.10 Å². The zero-order chi connectivity index (χ0) is 11.9. The highest BCUT2D eigenvalue weighted by molar-refractivity contribution is 6.09. The Labute approximate surface area is 104 Å². The molecule has 3 heteroatoms. The third-order valence-corrected chi connectivity index (χ3v) is 3.33. The number of aromatic amines is 1. The van der Waals surface area contributed by atoms with Crippen LogP contribution in [0.1, 0.15) is 0 Å². The third kappa shape index (κ3) is 1.56. The maximum absolute atomic E-state index is 5.82. The molecule has 2 aromatic carbocycles. The van der Waals surface area contributed by atoms with Gasteiger partial charge in [-0.3, -0.25) is 0 Å². The minimum Gasteiger partial charge on any atom is -0.489 e. The van der Waals surface area contributed by atoms with Gasteiger partial charge in [0.2, 0.25) is 0 Å². The molecule has 0 saturated carbocycles. The summed E-state index contributed by atoms with van der Waals surface area (Å²) in [6.45, 7) is 1.46. The number of hydrogen-bond acceptors (Lipinski definition) is 2. The molecule has 1 aliphatic rings. The van der Waals surface area contributed by atoms with Gasteiger partial charge in [-0.05, 0) is 12.1 Å². The normalized spacial score (nSPS) is 18.3. The van der Waals surface area contributed by atoms with E-state index in [2.05, 4.69) is 29.2 Å². The van der Waals surface area contributed by atoms with Crippen LogP contribution in [0.3, 0.4) is 0 Å². The number of benzene rings is 2. The van der Waals surface area contributed by atoms with Gasteiger partial charge in [-0.25, -0.2) is 0 Å². The molecule has 0 bridgehead atoms. The SMILES string of the molecule is c1ccc2c(c1)[nH]c1c(OC[C@@H]3CO3)cccc12. The molecule has 1 aromatic heterocycles. The first-order chi connectivity index (χ1) is 8.92. The lowest BCUT2D eigenvalue weighted by atomic mass is 10.1. The minimum absolute atomic E-state index is 0.282. The number of nitrogens with one attached hydrogen (secondary N) is 1. The smallest absolute Gasteiger partial charge is 0.143 e. The van der Waals surface area contributed by atoms with E-state index in [1.165, 1.54) is 10.8 Å². The second kappa shape index (κ2) is 3.75. The lowest BCUT2D eigenvalue weighted by Crippen LogP contribution is -2.04. The molecule has 1 aliphatic heterocycles.